The van der Waals surface area contributed by atoms with Gasteiger partial charge >= 0.3 is 0 Å². The lowest BCUT2D eigenvalue weighted by molar-refractivity contribution is 0.0143. The van der Waals surface area contributed by atoms with Gasteiger partial charge in [-0.1, -0.05) is 13.8 Å². The van der Waals surface area contributed by atoms with Crippen molar-refractivity contribution < 1.29 is 30.7 Å². The number of alkyl halides is 4. The lowest BCUT2D eigenvalue weighted by Crippen LogP contribution is -2.26. The van der Waals surface area contributed by atoms with Gasteiger partial charge < -0.3 is 4.90 Å². The van der Waals surface area contributed by atoms with Gasteiger partial charge in [-0.25, -0.2) is 30.7 Å². The summed E-state index contributed by atoms with van der Waals surface area (Å²) >= 11 is 0. The molecule has 0 unspecified atom stereocenters. The average Bonchev–Trinajstić information content (AvgIpc) is 3.23. The maximum Gasteiger partial charge on any atom is 0.257 e. The van der Waals surface area contributed by atoms with E-state index >= 15 is 0 Å². The number of hydrogen-bond acceptors (Lipinski definition) is 4. The van der Waals surface area contributed by atoms with Crippen LogP contribution in [0.4, 0.5) is 42.2 Å². The third-order valence-electron chi connectivity index (χ3n) is 5.72. The molecule has 0 aliphatic carbocycles. The molecule has 12 heteroatoms. The molecule has 5 nitrogen and oxygen atoms in total. The maximum atomic E-state index is 14.7. The Bertz CT molecular complexity index is 1370. The van der Waals surface area contributed by atoms with Gasteiger partial charge in [0, 0.05) is 22.6 Å². The maximum absolute atomic E-state index is 14.7. The van der Waals surface area contributed by atoms with Crippen molar-refractivity contribution in [1.82, 2.24) is 19.6 Å². The summed E-state index contributed by atoms with van der Waals surface area (Å²) in [6.45, 7) is 1.75. The Hall–Kier alpha value is -3.44. The highest BCUT2D eigenvalue weighted by atomic mass is 19.3. The fourth-order valence-electron chi connectivity index (χ4n) is 3.77. The van der Waals surface area contributed by atoms with Crippen molar-refractivity contribution in [3.8, 4) is 0 Å². The highest BCUT2D eigenvalue weighted by molar-refractivity contribution is 5.94. The zero-order valence-corrected chi connectivity index (χ0v) is 18.6. The largest absolute Gasteiger partial charge is 0.320 e. The number of anilines is 2. The number of hydrogen-bond donors (Lipinski definition) is 0. The molecule has 0 atom stereocenters. The van der Waals surface area contributed by atoms with Gasteiger partial charge in [-0.2, -0.15) is 4.98 Å². The first-order valence-corrected chi connectivity index (χ1v) is 10.6. The van der Waals surface area contributed by atoms with Gasteiger partial charge in [0.15, 0.2) is 5.82 Å². The molecular weight excluding hydrogens is 479 g/mol. The molecule has 0 radical (unpaired) electrons. The Labute approximate surface area is 195 Å². The molecule has 0 N–H and O–H groups in total. The molecule has 2 aromatic carbocycles. The average molecular weight is 499 g/mol. The standard InChI is InChI=1S/C23H20F7N5/c1-23(2,21(29)30)4-3-12-5-13(24)7-15(6-12)34(10-18(27)28)20-16-8-14(25)9-17(26)19(16)35-11-31-33-22(35)32-20/h5-9,11,18,21H,3-4,10H2,1-2H3. The second kappa shape index (κ2) is 9.31. The molecule has 0 aliphatic heterocycles. The van der Waals surface area contributed by atoms with Gasteiger partial charge in [-0.05, 0) is 42.7 Å². The van der Waals surface area contributed by atoms with E-state index in [1.165, 1.54) is 19.9 Å². The summed E-state index contributed by atoms with van der Waals surface area (Å²) in [6.07, 6.45) is -4.36. The third-order valence-corrected chi connectivity index (χ3v) is 5.72. The number of aromatic nitrogens is 4. The molecule has 0 saturated carbocycles. The quantitative estimate of drug-likeness (QED) is 0.266. The van der Waals surface area contributed by atoms with Crippen LogP contribution < -0.4 is 4.90 Å². The SMILES string of the molecule is CC(C)(CCc1cc(F)cc(N(CC(F)F)c2nc3nncn3c3c(F)cc(F)cc23)c1)C(F)F. The van der Waals surface area contributed by atoms with Crippen LogP contribution in [0, 0.1) is 22.9 Å². The zero-order chi connectivity index (χ0) is 25.5. The van der Waals surface area contributed by atoms with Crippen LogP contribution in [0.25, 0.3) is 16.7 Å². The van der Waals surface area contributed by atoms with Crippen LogP contribution in [0.3, 0.4) is 0 Å². The highest BCUT2D eigenvalue weighted by Gasteiger charge is 2.29. The minimum Gasteiger partial charge on any atom is -0.320 e. The predicted molar refractivity (Wildman–Crippen MR) is 116 cm³/mol. The number of nitrogens with zero attached hydrogens (tertiary/aromatic N) is 5. The molecule has 0 saturated heterocycles. The Kier molecular flexibility index (Phi) is 6.56. The number of rotatable bonds is 8. The summed E-state index contributed by atoms with van der Waals surface area (Å²) in [7, 11) is 0. The van der Waals surface area contributed by atoms with E-state index in [1.807, 2.05) is 0 Å². The first kappa shape index (κ1) is 24.7. The van der Waals surface area contributed by atoms with Gasteiger partial charge in [0.05, 0.1) is 12.1 Å². The van der Waals surface area contributed by atoms with E-state index in [0.29, 0.717) is 11.6 Å². The molecule has 0 aliphatic rings. The van der Waals surface area contributed by atoms with Crippen LogP contribution in [0.5, 0.6) is 0 Å². The van der Waals surface area contributed by atoms with Crippen molar-refractivity contribution in [3.63, 3.8) is 0 Å². The Morgan fingerprint density at radius 2 is 1.69 bits per heavy atom. The van der Waals surface area contributed by atoms with Crippen LogP contribution in [-0.4, -0.2) is 39.0 Å². The van der Waals surface area contributed by atoms with Crippen molar-refractivity contribution in [1.29, 1.82) is 0 Å². The molecule has 0 bridgehead atoms. The fourth-order valence-corrected chi connectivity index (χ4v) is 3.77. The van der Waals surface area contributed by atoms with Gasteiger partial charge in [-0.15, -0.1) is 10.2 Å². The molecule has 4 aromatic rings. The monoisotopic (exact) mass is 499 g/mol. The minimum absolute atomic E-state index is 0.00567. The molecule has 4 rings (SSSR count). The summed E-state index contributed by atoms with van der Waals surface area (Å²) in [5.74, 6) is -3.20. The van der Waals surface area contributed by atoms with E-state index in [0.717, 1.165) is 33.8 Å². The third kappa shape index (κ3) is 5.01. The van der Waals surface area contributed by atoms with E-state index in [9.17, 15) is 30.7 Å². The topological polar surface area (TPSA) is 46.3 Å². The van der Waals surface area contributed by atoms with Crippen molar-refractivity contribution in [2.45, 2.75) is 39.5 Å². The van der Waals surface area contributed by atoms with Crippen molar-refractivity contribution in [3.05, 3.63) is 59.7 Å². The van der Waals surface area contributed by atoms with E-state index in [1.54, 1.807) is 0 Å². The Morgan fingerprint density at radius 3 is 2.37 bits per heavy atom. The number of aryl methyl sites for hydroxylation is 1. The molecular formula is C23H20F7N5. The fraction of sp³-hybridized carbons (Fsp3) is 0.348. The summed E-state index contributed by atoms with van der Waals surface area (Å²) in [4.78, 5) is 5.09. The number of benzene rings is 2. The van der Waals surface area contributed by atoms with E-state index < -0.39 is 42.3 Å². The van der Waals surface area contributed by atoms with Gasteiger partial charge in [-0.3, -0.25) is 4.40 Å². The lowest BCUT2D eigenvalue weighted by Gasteiger charge is -2.26. The van der Waals surface area contributed by atoms with E-state index in [-0.39, 0.29) is 41.0 Å². The van der Waals surface area contributed by atoms with Crippen molar-refractivity contribution in [2.24, 2.45) is 5.41 Å². The van der Waals surface area contributed by atoms with Gasteiger partial charge in [0.25, 0.3) is 12.2 Å². The molecule has 186 valence electrons. The highest BCUT2D eigenvalue weighted by Crippen LogP contribution is 2.36. The first-order valence-electron chi connectivity index (χ1n) is 10.6. The smallest absolute Gasteiger partial charge is 0.257 e. The van der Waals surface area contributed by atoms with Crippen LogP contribution in [0.15, 0.2) is 36.7 Å². The lowest BCUT2D eigenvalue weighted by atomic mass is 9.86. The molecule has 35 heavy (non-hydrogen) atoms. The van der Waals surface area contributed by atoms with Gasteiger partial charge in [0.2, 0.25) is 6.43 Å². The Morgan fingerprint density at radius 1 is 0.971 bits per heavy atom. The van der Waals surface area contributed by atoms with Crippen LogP contribution >= 0.6 is 0 Å². The summed E-state index contributed by atoms with van der Waals surface area (Å²) in [5.41, 5.74) is -1.35. The zero-order valence-electron chi connectivity index (χ0n) is 18.6. The first-order chi connectivity index (χ1) is 16.5. The van der Waals surface area contributed by atoms with Gasteiger partial charge in [0.1, 0.15) is 23.8 Å². The van der Waals surface area contributed by atoms with Crippen LogP contribution in [0.1, 0.15) is 25.8 Å². The van der Waals surface area contributed by atoms with E-state index in [2.05, 4.69) is 15.2 Å². The minimum atomic E-state index is -2.94. The summed E-state index contributed by atoms with van der Waals surface area (Å²) in [5, 5.41) is 7.21. The summed E-state index contributed by atoms with van der Waals surface area (Å²) < 4.78 is 98.3. The second-order valence-electron chi connectivity index (χ2n) is 8.83. The predicted octanol–water partition coefficient (Wildman–Crippen LogP) is 6.32. The van der Waals surface area contributed by atoms with Crippen LogP contribution in [0.2, 0.25) is 0 Å². The normalized spacial score (nSPS) is 12.4. The van der Waals surface area contributed by atoms with E-state index in [4.69, 9.17) is 0 Å². The molecule has 0 spiro atoms. The molecule has 2 heterocycles. The van der Waals surface area contributed by atoms with Crippen molar-refractivity contribution in [2.75, 3.05) is 11.4 Å². The second-order valence-corrected chi connectivity index (χ2v) is 8.83. The number of halogens is 7. The number of fused-ring (bicyclic) bond motifs is 3. The summed E-state index contributed by atoms with van der Waals surface area (Å²) in [6, 6.07) is 4.99. The molecule has 0 amide bonds. The van der Waals surface area contributed by atoms with Crippen molar-refractivity contribution >= 4 is 28.2 Å². The molecule has 0 fully saturated rings. The molecule has 2 aromatic heterocycles. The van der Waals surface area contributed by atoms with Crippen LogP contribution in [-0.2, 0) is 6.42 Å². The Balaban J connectivity index is 1.87.